The Morgan fingerprint density at radius 2 is 1.41 bits per heavy atom. The smallest absolute Gasteiger partial charge is 0.260 e. The zero-order valence-corrected chi connectivity index (χ0v) is 19.7. The number of amides is 2. The van der Waals surface area contributed by atoms with Crippen LogP contribution in [-0.2, 0) is 19.2 Å². The molecule has 5 nitrogen and oxygen atoms in total. The summed E-state index contributed by atoms with van der Waals surface area (Å²) in [6, 6.07) is 0. The van der Waals surface area contributed by atoms with Crippen molar-refractivity contribution in [2.24, 2.45) is 23.7 Å². The Balaban J connectivity index is 1.50. The van der Waals surface area contributed by atoms with Crippen molar-refractivity contribution in [2.75, 3.05) is 6.61 Å². The van der Waals surface area contributed by atoms with Crippen molar-refractivity contribution in [3.05, 3.63) is 10.1 Å². The van der Waals surface area contributed by atoms with Crippen LogP contribution in [0.5, 0.6) is 0 Å². The summed E-state index contributed by atoms with van der Waals surface area (Å²) in [6.45, 7) is 2.35. The summed E-state index contributed by atoms with van der Waals surface area (Å²) in [5.74, 6) is -3.46. The van der Waals surface area contributed by atoms with Gasteiger partial charge in [0.1, 0.15) is 9.75 Å². The average Bonchev–Trinajstić information content (AvgIpc) is 3.37. The first kappa shape index (κ1) is 21.4. The van der Waals surface area contributed by atoms with E-state index in [1.54, 1.807) is 0 Å². The van der Waals surface area contributed by atoms with Gasteiger partial charge in [0.15, 0.2) is 4.33 Å². The lowest BCUT2D eigenvalue weighted by Crippen LogP contribution is -2.50. The molecule has 0 N–H and O–H groups in total. The predicted molar refractivity (Wildman–Crippen MR) is 110 cm³/mol. The third kappa shape index (κ3) is 2.16. The monoisotopic (exact) mass is 521 g/mol. The van der Waals surface area contributed by atoms with E-state index in [1.807, 2.05) is 0 Å². The molecule has 4 fully saturated rings. The quantitative estimate of drug-likeness (QED) is 0.301. The molecule has 5 aliphatic rings. The standard InChI is InChI=1S/C18H17Cl6NO4/c1-2-3-4-5-28-25-14(26)6-7(15(25)27)11-9-8(10(6)29-11)16(21)12(19)13(20)17(9,22)18(16,23)24/h6-11H,2-5H2,1H3. The normalized spacial score (nSPS) is 48.9. The summed E-state index contributed by atoms with van der Waals surface area (Å²) in [4.78, 5) is 28.5. The van der Waals surface area contributed by atoms with Crippen LogP contribution in [0.1, 0.15) is 26.2 Å². The van der Waals surface area contributed by atoms with Crippen LogP contribution in [0.25, 0.3) is 0 Å². The highest BCUT2D eigenvalue weighted by molar-refractivity contribution is 6.65. The minimum absolute atomic E-state index is 0.0687. The first-order valence-electron chi connectivity index (χ1n) is 9.54. The van der Waals surface area contributed by atoms with Crippen molar-refractivity contribution in [1.29, 1.82) is 0 Å². The van der Waals surface area contributed by atoms with E-state index in [2.05, 4.69) is 6.92 Å². The molecule has 8 atom stereocenters. The third-order valence-electron chi connectivity index (χ3n) is 7.11. The minimum Gasteiger partial charge on any atom is -0.373 e. The lowest BCUT2D eigenvalue weighted by molar-refractivity contribution is -0.192. The number of alkyl halides is 4. The third-order valence-corrected chi connectivity index (χ3v) is 11.4. The molecule has 8 unspecified atom stereocenters. The summed E-state index contributed by atoms with van der Waals surface area (Å²) in [7, 11) is 0. The Labute approximate surface area is 197 Å². The Morgan fingerprint density at radius 3 is 1.86 bits per heavy atom. The zero-order chi connectivity index (χ0) is 21.1. The van der Waals surface area contributed by atoms with E-state index in [4.69, 9.17) is 79.2 Å². The Morgan fingerprint density at radius 1 is 0.931 bits per heavy atom. The molecule has 0 radical (unpaired) electrons. The van der Waals surface area contributed by atoms with Gasteiger partial charge in [-0.1, -0.05) is 66.2 Å². The summed E-state index contributed by atoms with van der Waals surface area (Å²) < 4.78 is 4.37. The van der Waals surface area contributed by atoms with Crippen LogP contribution in [0.2, 0.25) is 0 Å². The van der Waals surface area contributed by atoms with Crippen LogP contribution in [0, 0.1) is 23.7 Å². The number of ether oxygens (including phenoxy) is 1. The molecular formula is C18H17Cl6NO4. The van der Waals surface area contributed by atoms with E-state index in [0.29, 0.717) is 6.61 Å². The predicted octanol–water partition coefficient (Wildman–Crippen LogP) is 4.57. The SMILES string of the molecule is CCCCCON1C(=O)C2C3OC(C2C1=O)C1C3C2(Cl)C(Cl)=C(Cl)C1(Cl)C2(Cl)Cl. The van der Waals surface area contributed by atoms with Gasteiger partial charge in [0, 0.05) is 11.8 Å². The fraction of sp³-hybridized carbons (Fsp3) is 0.778. The van der Waals surface area contributed by atoms with Gasteiger partial charge in [0.2, 0.25) is 0 Å². The van der Waals surface area contributed by atoms with Gasteiger partial charge in [-0.2, -0.15) is 5.06 Å². The molecule has 1 saturated carbocycles. The number of imide groups is 1. The number of hydroxylamine groups is 2. The van der Waals surface area contributed by atoms with Crippen molar-refractivity contribution in [3.8, 4) is 0 Å². The number of nitrogens with zero attached hydrogens (tertiary/aromatic N) is 1. The van der Waals surface area contributed by atoms with Crippen molar-refractivity contribution in [1.82, 2.24) is 5.06 Å². The second kappa shape index (κ2) is 6.54. The van der Waals surface area contributed by atoms with Gasteiger partial charge < -0.3 is 4.74 Å². The van der Waals surface area contributed by atoms with E-state index in [9.17, 15) is 9.59 Å². The lowest BCUT2D eigenvalue weighted by Gasteiger charge is -2.39. The van der Waals surface area contributed by atoms with Crippen LogP contribution < -0.4 is 0 Å². The van der Waals surface area contributed by atoms with Gasteiger partial charge in [0.25, 0.3) is 11.8 Å². The highest BCUT2D eigenvalue weighted by Crippen LogP contribution is 2.81. The number of halogens is 6. The fourth-order valence-corrected chi connectivity index (χ4v) is 8.97. The van der Waals surface area contributed by atoms with Crippen molar-refractivity contribution in [2.45, 2.75) is 52.5 Å². The fourth-order valence-electron chi connectivity index (χ4n) is 5.91. The minimum atomic E-state index is -1.71. The molecule has 0 aromatic heterocycles. The number of carbonyl (C=O) groups is 2. The molecule has 0 spiro atoms. The van der Waals surface area contributed by atoms with Crippen molar-refractivity contribution in [3.63, 3.8) is 0 Å². The number of hydrogen-bond donors (Lipinski definition) is 0. The number of unbranched alkanes of at least 4 members (excludes halogenated alkanes) is 2. The summed E-state index contributed by atoms with van der Waals surface area (Å²) in [6.07, 6.45) is 1.29. The van der Waals surface area contributed by atoms with Crippen LogP contribution in [0.4, 0.5) is 0 Å². The Bertz CT molecular complexity index is 792. The summed E-state index contributed by atoms with van der Waals surface area (Å²) in [5, 5.41) is 1.02. The zero-order valence-electron chi connectivity index (χ0n) is 15.1. The van der Waals surface area contributed by atoms with E-state index < -0.39 is 61.8 Å². The molecule has 160 valence electrons. The number of hydrogen-bond acceptors (Lipinski definition) is 4. The molecule has 4 bridgehead atoms. The molecule has 3 heterocycles. The number of rotatable bonds is 5. The highest BCUT2D eigenvalue weighted by atomic mass is 35.5. The van der Waals surface area contributed by atoms with Gasteiger partial charge in [-0.25, -0.2) is 0 Å². The van der Waals surface area contributed by atoms with Crippen molar-refractivity contribution < 1.29 is 19.2 Å². The topological polar surface area (TPSA) is 55.8 Å². The van der Waals surface area contributed by atoms with E-state index >= 15 is 0 Å². The van der Waals surface area contributed by atoms with Crippen LogP contribution >= 0.6 is 69.6 Å². The molecule has 0 aromatic rings. The van der Waals surface area contributed by atoms with Crippen molar-refractivity contribution >= 4 is 81.4 Å². The molecule has 0 aromatic carbocycles. The molecule has 29 heavy (non-hydrogen) atoms. The van der Waals surface area contributed by atoms with Gasteiger partial charge in [0.05, 0.1) is 40.7 Å². The Hall–Kier alpha value is 0.540. The second-order valence-electron chi connectivity index (χ2n) is 8.31. The first-order chi connectivity index (χ1) is 13.6. The Kier molecular flexibility index (Phi) is 4.82. The number of fused-ring (bicyclic) bond motifs is 12. The van der Waals surface area contributed by atoms with Crippen LogP contribution in [0.15, 0.2) is 10.1 Å². The number of allylic oxidation sites excluding steroid dienone is 2. The molecule has 3 saturated heterocycles. The first-order valence-corrected chi connectivity index (χ1v) is 11.8. The van der Waals surface area contributed by atoms with Crippen LogP contribution in [0.3, 0.4) is 0 Å². The average molecular weight is 524 g/mol. The van der Waals surface area contributed by atoms with Crippen LogP contribution in [-0.4, -0.2) is 49.8 Å². The lowest BCUT2D eigenvalue weighted by atomic mass is 9.65. The number of carbonyl (C=O) groups excluding carboxylic acids is 2. The summed E-state index contributed by atoms with van der Waals surface area (Å²) in [5.41, 5.74) is 0. The molecular weight excluding hydrogens is 507 g/mol. The van der Waals surface area contributed by atoms with Gasteiger partial charge in [-0.15, -0.1) is 23.2 Å². The molecule has 2 aliphatic carbocycles. The van der Waals surface area contributed by atoms with Gasteiger partial charge in [-0.3, -0.25) is 14.4 Å². The molecule has 2 amide bonds. The maximum absolute atomic E-state index is 13.0. The second-order valence-corrected chi connectivity index (χ2v) is 11.6. The molecule has 3 aliphatic heterocycles. The van der Waals surface area contributed by atoms with Gasteiger partial charge >= 0.3 is 0 Å². The van der Waals surface area contributed by atoms with Gasteiger partial charge in [-0.05, 0) is 6.42 Å². The van der Waals surface area contributed by atoms with E-state index in [-0.39, 0.29) is 10.1 Å². The van der Waals surface area contributed by atoms with E-state index in [0.717, 1.165) is 24.3 Å². The maximum atomic E-state index is 13.0. The molecule has 5 rings (SSSR count). The summed E-state index contributed by atoms with van der Waals surface area (Å²) >= 11 is 40.0. The maximum Gasteiger partial charge on any atom is 0.260 e. The largest absolute Gasteiger partial charge is 0.373 e. The molecule has 11 heteroatoms. The highest BCUT2D eigenvalue weighted by Gasteiger charge is 2.90. The van der Waals surface area contributed by atoms with E-state index in [1.165, 1.54) is 0 Å².